The molecule has 1 amide bonds. The quantitative estimate of drug-likeness (QED) is 0.796. The second-order valence-corrected chi connectivity index (χ2v) is 5.68. The van der Waals surface area contributed by atoms with Crippen LogP contribution in [0, 0.1) is 5.82 Å². The van der Waals surface area contributed by atoms with E-state index in [-0.39, 0.29) is 16.9 Å². The van der Waals surface area contributed by atoms with Gasteiger partial charge in [-0.3, -0.25) is 9.59 Å². The number of aryl methyl sites for hydroxylation is 1. The highest BCUT2D eigenvalue weighted by Gasteiger charge is 2.08. The Bertz CT molecular complexity index is 965. The molecular weight excluding hydrogens is 321 g/mol. The molecule has 6 heteroatoms. The van der Waals surface area contributed by atoms with E-state index in [4.69, 9.17) is 0 Å². The van der Waals surface area contributed by atoms with E-state index in [0.29, 0.717) is 12.2 Å². The lowest BCUT2D eigenvalue weighted by molar-refractivity contribution is 0.102. The van der Waals surface area contributed by atoms with E-state index in [1.165, 1.54) is 29.0 Å². The molecule has 0 radical (unpaired) electrons. The molecule has 5 nitrogen and oxygen atoms in total. The molecule has 0 fully saturated rings. The highest BCUT2D eigenvalue weighted by Crippen LogP contribution is 2.12. The van der Waals surface area contributed by atoms with Gasteiger partial charge >= 0.3 is 0 Å². The Kier molecular flexibility index (Phi) is 4.70. The topological polar surface area (TPSA) is 64.0 Å². The Balaban J connectivity index is 1.68. The lowest BCUT2D eigenvalue weighted by Crippen LogP contribution is -2.20. The molecule has 0 bridgehead atoms. The Morgan fingerprint density at radius 1 is 1.16 bits per heavy atom. The second-order valence-electron chi connectivity index (χ2n) is 5.68. The number of nitrogens with one attached hydrogen (secondary N) is 1. The van der Waals surface area contributed by atoms with Crippen molar-refractivity contribution in [2.45, 2.75) is 6.42 Å². The van der Waals surface area contributed by atoms with Gasteiger partial charge in [-0.2, -0.15) is 0 Å². The van der Waals surface area contributed by atoms with Crippen LogP contribution < -0.4 is 10.9 Å². The summed E-state index contributed by atoms with van der Waals surface area (Å²) in [5.74, 6) is -0.292. The average Bonchev–Trinajstić information content (AvgIpc) is 2.59. The summed E-state index contributed by atoms with van der Waals surface area (Å²) in [5, 5.41) is 2.65. The van der Waals surface area contributed by atoms with Gasteiger partial charge in [0.25, 0.3) is 11.5 Å². The van der Waals surface area contributed by atoms with Crippen LogP contribution in [0.4, 0.5) is 10.2 Å². The zero-order valence-electron chi connectivity index (χ0n) is 13.6. The molecule has 126 valence electrons. The molecule has 2 aromatic heterocycles. The van der Waals surface area contributed by atoms with Crippen molar-refractivity contribution in [1.29, 1.82) is 0 Å². The SMILES string of the molecule is Cn1ccc(C(=O)Nc2ccc(Cc3cccc(F)c3)cn2)cc1=O. The van der Waals surface area contributed by atoms with Crippen molar-refractivity contribution >= 4 is 11.7 Å². The van der Waals surface area contributed by atoms with Crippen LogP contribution in [0.1, 0.15) is 21.5 Å². The zero-order chi connectivity index (χ0) is 17.8. The fourth-order valence-corrected chi connectivity index (χ4v) is 2.36. The van der Waals surface area contributed by atoms with Crippen LogP contribution in [0.3, 0.4) is 0 Å². The molecule has 2 heterocycles. The van der Waals surface area contributed by atoms with E-state index in [1.807, 2.05) is 12.1 Å². The summed E-state index contributed by atoms with van der Waals surface area (Å²) in [5.41, 5.74) is 1.76. The van der Waals surface area contributed by atoms with E-state index in [9.17, 15) is 14.0 Å². The van der Waals surface area contributed by atoms with Gasteiger partial charge in [-0.1, -0.05) is 18.2 Å². The first kappa shape index (κ1) is 16.6. The van der Waals surface area contributed by atoms with Gasteiger partial charge in [0, 0.05) is 31.1 Å². The molecule has 0 spiro atoms. The van der Waals surface area contributed by atoms with E-state index in [2.05, 4.69) is 10.3 Å². The van der Waals surface area contributed by atoms with Crippen molar-refractivity contribution in [3.05, 3.63) is 93.8 Å². The summed E-state index contributed by atoms with van der Waals surface area (Å²) in [4.78, 5) is 27.9. The monoisotopic (exact) mass is 337 g/mol. The van der Waals surface area contributed by atoms with Crippen LogP contribution >= 0.6 is 0 Å². The summed E-state index contributed by atoms with van der Waals surface area (Å²) >= 11 is 0. The number of nitrogens with zero attached hydrogens (tertiary/aromatic N) is 2. The number of hydrogen-bond donors (Lipinski definition) is 1. The number of carbonyl (C=O) groups is 1. The van der Waals surface area contributed by atoms with Crippen LogP contribution in [0.15, 0.2) is 65.7 Å². The normalized spacial score (nSPS) is 10.5. The third kappa shape index (κ3) is 4.17. The predicted octanol–water partition coefficient (Wildman–Crippen LogP) is 2.76. The van der Waals surface area contributed by atoms with Crippen LogP contribution in [0.2, 0.25) is 0 Å². The van der Waals surface area contributed by atoms with Crippen LogP contribution in [0.25, 0.3) is 0 Å². The Labute approximate surface area is 143 Å². The highest BCUT2D eigenvalue weighted by molar-refractivity contribution is 6.03. The third-order valence-corrected chi connectivity index (χ3v) is 3.73. The fourth-order valence-electron chi connectivity index (χ4n) is 2.36. The first-order valence-electron chi connectivity index (χ1n) is 7.69. The number of amides is 1. The van der Waals surface area contributed by atoms with Gasteiger partial charge in [0.05, 0.1) is 0 Å². The number of rotatable bonds is 4. The maximum Gasteiger partial charge on any atom is 0.257 e. The number of aromatic nitrogens is 2. The first-order valence-corrected chi connectivity index (χ1v) is 7.69. The molecule has 1 N–H and O–H groups in total. The van der Waals surface area contributed by atoms with Crippen molar-refractivity contribution in [2.24, 2.45) is 7.05 Å². The molecule has 3 aromatic rings. The Morgan fingerprint density at radius 3 is 2.68 bits per heavy atom. The third-order valence-electron chi connectivity index (χ3n) is 3.73. The number of anilines is 1. The molecule has 0 aliphatic carbocycles. The van der Waals surface area contributed by atoms with Crippen LogP contribution in [0.5, 0.6) is 0 Å². The van der Waals surface area contributed by atoms with Crippen LogP contribution in [-0.4, -0.2) is 15.5 Å². The average molecular weight is 337 g/mol. The fraction of sp³-hybridized carbons (Fsp3) is 0.105. The molecule has 0 aliphatic rings. The minimum Gasteiger partial charge on any atom is -0.319 e. The summed E-state index contributed by atoms with van der Waals surface area (Å²) < 4.78 is 14.6. The van der Waals surface area contributed by atoms with E-state index in [1.54, 1.807) is 31.4 Å². The van der Waals surface area contributed by atoms with Gasteiger partial charge in [0.15, 0.2) is 0 Å². The van der Waals surface area contributed by atoms with Gasteiger partial charge in [0.2, 0.25) is 0 Å². The molecule has 1 aromatic carbocycles. The standard InChI is InChI=1S/C19H16FN3O2/c1-23-8-7-15(11-18(23)24)19(25)22-17-6-5-14(12-21-17)9-13-3-2-4-16(20)10-13/h2-8,10-12H,9H2,1H3,(H,21,22,25). The van der Waals surface area contributed by atoms with Gasteiger partial charge < -0.3 is 9.88 Å². The molecule has 0 saturated heterocycles. The van der Waals surface area contributed by atoms with Crippen LogP contribution in [-0.2, 0) is 13.5 Å². The largest absolute Gasteiger partial charge is 0.319 e. The van der Waals surface area contributed by atoms with Gasteiger partial charge in [0.1, 0.15) is 11.6 Å². The lowest BCUT2D eigenvalue weighted by atomic mass is 10.1. The van der Waals surface area contributed by atoms with Gasteiger partial charge in [-0.15, -0.1) is 0 Å². The summed E-state index contributed by atoms with van der Waals surface area (Å²) in [6, 6.07) is 12.7. The highest BCUT2D eigenvalue weighted by atomic mass is 19.1. The van der Waals surface area contributed by atoms with E-state index >= 15 is 0 Å². The first-order chi connectivity index (χ1) is 12.0. The summed E-state index contributed by atoms with van der Waals surface area (Å²) in [7, 11) is 1.61. The zero-order valence-corrected chi connectivity index (χ0v) is 13.6. The molecule has 25 heavy (non-hydrogen) atoms. The lowest BCUT2D eigenvalue weighted by Gasteiger charge is -2.06. The molecule has 0 aliphatic heterocycles. The predicted molar refractivity (Wildman–Crippen MR) is 93.1 cm³/mol. The maximum absolute atomic E-state index is 13.2. The van der Waals surface area contributed by atoms with Crippen molar-refractivity contribution in [3.8, 4) is 0 Å². The summed E-state index contributed by atoms with van der Waals surface area (Å²) in [6.45, 7) is 0. The summed E-state index contributed by atoms with van der Waals surface area (Å²) in [6.07, 6.45) is 3.71. The Hall–Kier alpha value is -3.28. The van der Waals surface area contributed by atoms with Gasteiger partial charge in [-0.25, -0.2) is 9.37 Å². The second kappa shape index (κ2) is 7.09. The molecule has 0 unspecified atom stereocenters. The molecule has 0 saturated carbocycles. The van der Waals surface area contributed by atoms with Crippen molar-refractivity contribution in [3.63, 3.8) is 0 Å². The van der Waals surface area contributed by atoms with Crippen molar-refractivity contribution in [2.75, 3.05) is 5.32 Å². The van der Waals surface area contributed by atoms with E-state index in [0.717, 1.165) is 11.1 Å². The number of hydrogen-bond acceptors (Lipinski definition) is 3. The van der Waals surface area contributed by atoms with Gasteiger partial charge in [-0.05, 0) is 41.8 Å². The molecule has 0 atom stereocenters. The number of benzene rings is 1. The molecule has 3 rings (SSSR count). The molecular formula is C19H16FN3O2. The minimum absolute atomic E-state index is 0.258. The van der Waals surface area contributed by atoms with E-state index < -0.39 is 5.91 Å². The smallest absolute Gasteiger partial charge is 0.257 e. The Morgan fingerprint density at radius 2 is 2.00 bits per heavy atom. The number of pyridine rings is 2. The van der Waals surface area contributed by atoms with Crippen molar-refractivity contribution in [1.82, 2.24) is 9.55 Å². The number of carbonyl (C=O) groups excluding carboxylic acids is 1. The maximum atomic E-state index is 13.2. The minimum atomic E-state index is -0.400. The number of halogens is 1. The van der Waals surface area contributed by atoms with Crippen molar-refractivity contribution < 1.29 is 9.18 Å².